The number of carbonyl (C=O) groups is 1. The molecule has 0 aliphatic carbocycles. The molecule has 1 aromatic rings. The monoisotopic (exact) mass is 270 g/mol. The van der Waals surface area contributed by atoms with E-state index in [2.05, 4.69) is 19.2 Å². The fraction of sp³-hybridized carbons (Fsp3) is 0.462. The molecule has 0 amide bonds. The summed E-state index contributed by atoms with van der Waals surface area (Å²) in [5, 5.41) is 12.6. The lowest BCUT2D eigenvalue weighted by Crippen LogP contribution is -2.15. The third-order valence-corrected chi connectivity index (χ3v) is 3.36. The third-order valence-electron chi connectivity index (χ3n) is 3.07. The first-order valence-electron chi connectivity index (χ1n) is 6.05. The fourth-order valence-corrected chi connectivity index (χ4v) is 2.09. The zero-order valence-electron chi connectivity index (χ0n) is 10.7. The summed E-state index contributed by atoms with van der Waals surface area (Å²) in [6.45, 7) is 4.92. The third kappa shape index (κ3) is 3.53. The number of hydrogen-bond donors (Lipinski definition) is 3. The summed E-state index contributed by atoms with van der Waals surface area (Å²) in [6, 6.07) is 2.98. The van der Waals surface area contributed by atoms with Crippen molar-refractivity contribution in [3.63, 3.8) is 0 Å². The average Bonchev–Trinajstić information content (AvgIpc) is 2.31. The lowest BCUT2D eigenvalue weighted by molar-refractivity contribution is 0.0698. The van der Waals surface area contributed by atoms with E-state index in [1.54, 1.807) is 6.07 Å². The predicted octanol–water partition coefficient (Wildman–Crippen LogP) is 3.47. The van der Waals surface area contributed by atoms with Crippen molar-refractivity contribution in [2.45, 2.75) is 26.7 Å². The highest BCUT2D eigenvalue weighted by atomic mass is 35.5. The van der Waals surface area contributed by atoms with E-state index >= 15 is 0 Å². The van der Waals surface area contributed by atoms with Crippen LogP contribution in [-0.4, -0.2) is 17.6 Å². The summed E-state index contributed by atoms with van der Waals surface area (Å²) < 4.78 is 0. The quantitative estimate of drug-likeness (QED) is 0.692. The van der Waals surface area contributed by atoms with Gasteiger partial charge in [-0.2, -0.15) is 0 Å². The molecule has 0 unspecified atom stereocenters. The highest BCUT2D eigenvalue weighted by molar-refractivity contribution is 6.34. The maximum atomic E-state index is 11.2. The van der Waals surface area contributed by atoms with Gasteiger partial charge in [0.25, 0.3) is 0 Å². The van der Waals surface area contributed by atoms with E-state index in [0.717, 1.165) is 12.8 Å². The minimum absolute atomic E-state index is 0.117. The van der Waals surface area contributed by atoms with Gasteiger partial charge in [0.15, 0.2) is 0 Å². The number of nitrogen functional groups attached to an aromatic ring is 1. The first kappa shape index (κ1) is 14.6. The number of benzene rings is 1. The van der Waals surface area contributed by atoms with Gasteiger partial charge in [0, 0.05) is 12.2 Å². The van der Waals surface area contributed by atoms with Crippen LogP contribution >= 0.6 is 11.6 Å². The van der Waals surface area contributed by atoms with Crippen LogP contribution in [0.15, 0.2) is 12.1 Å². The second-order valence-corrected chi connectivity index (χ2v) is 4.70. The maximum absolute atomic E-state index is 11.2. The Balaban J connectivity index is 2.96. The molecule has 18 heavy (non-hydrogen) atoms. The molecule has 4 N–H and O–H groups in total. The fourth-order valence-electron chi connectivity index (χ4n) is 1.80. The molecule has 0 radical (unpaired) electrons. The van der Waals surface area contributed by atoms with Crippen LogP contribution in [0.25, 0.3) is 0 Å². The zero-order chi connectivity index (χ0) is 13.7. The molecular weight excluding hydrogens is 252 g/mol. The van der Waals surface area contributed by atoms with Crippen LogP contribution in [0, 0.1) is 5.92 Å². The molecule has 100 valence electrons. The van der Waals surface area contributed by atoms with Crippen molar-refractivity contribution >= 4 is 28.9 Å². The average molecular weight is 271 g/mol. The Morgan fingerprint density at radius 2 is 2.06 bits per heavy atom. The van der Waals surface area contributed by atoms with Gasteiger partial charge in [0.1, 0.15) is 0 Å². The van der Waals surface area contributed by atoms with E-state index < -0.39 is 5.97 Å². The normalized spacial score (nSPS) is 10.7. The molecule has 0 fully saturated rings. The molecule has 0 aliphatic heterocycles. The van der Waals surface area contributed by atoms with E-state index in [1.807, 2.05) is 0 Å². The molecular formula is C13H19ClN2O2. The van der Waals surface area contributed by atoms with Crippen LogP contribution in [-0.2, 0) is 0 Å². The van der Waals surface area contributed by atoms with Gasteiger partial charge in [-0.3, -0.25) is 0 Å². The Morgan fingerprint density at radius 1 is 1.44 bits per heavy atom. The Bertz CT molecular complexity index is 431. The van der Waals surface area contributed by atoms with Crippen LogP contribution in [0.3, 0.4) is 0 Å². The van der Waals surface area contributed by atoms with Crippen molar-refractivity contribution in [1.29, 1.82) is 0 Å². The lowest BCUT2D eigenvalue weighted by atomic mass is 10.0. The number of nitrogens with one attached hydrogen (secondary N) is 1. The Hall–Kier alpha value is -1.42. The molecule has 1 rings (SSSR count). The maximum Gasteiger partial charge on any atom is 0.337 e. The summed E-state index contributed by atoms with van der Waals surface area (Å²) in [5.74, 6) is -0.531. The van der Waals surface area contributed by atoms with E-state index in [4.69, 9.17) is 22.4 Å². The van der Waals surface area contributed by atoms with Gasteiger partial charge in [-0.1, -0.05) is 38.3 Å². The smallest absolute Gasteiger partial charge is 0.337 e. The number of anilines is 2. The highest BCUT2D eigenvalue weighted by Gasteiger charge is 2.15. The molecule has 0 aromatic heterocycles. The van der Waals surface area contributed by atoms with Crippen LogP contribution in [0.5, 0.6) is 0 Å². The number of halogens is 1. The number of rotatable bonds is 6. The Kier molecular flexibility index (Phi) is 5.28. The minimum atomic E-state index is -1.03. The summed E-state index contributed by atoms with van der Waals surface area (Å²) >= 11 is 6.04. The molecule has 0 spiro atoms. The number of carboxylic acids is 1. The van der Waals surface area contributed by atoms with Crippen molar-refractivity contribution in [3.8, 4) is 0 Å². The topological polar surface area (TPSA) is 75.3 Å². The van der Waals surface area contributed by atoms with E-state index in [9.17, 15) is 4.79 Å². The second-order valence-electron chi connectivity index (χ2n) is 4.29. The van der Waals surface area contributed by atoms with Crippen LogP contribution in [0.2, 0.25) is 5.02 Å². The van der Waals surface area contributed by atoms with Crippen molar-refractivity contribution in [3.05, 3.63) is 22.7 Å². The largest absolute Gasteiger partial charge is 0.478 e. The first-order chi connectivity index (χ1) is 8.49. The molecule has 0 aliphatic rings. The summed E-state index contributed by atoms with van der Waals surface area (Å²) in [6.07, 6.45) is 2.08. The van der Waals surface area contributed by atoms with E-state index in [0.29, 0.717) is 28.9 Å². The number of carboxylic acid groups (broad SMARTS) is 1. The van der Waals surface area contributed by atoms with Gasteiger partial charge in [0.2, 0.25) is 0 Å². The summed E-state index contributed by atoms with van der Waals surface area (Å²) in [7, 11) is 0. The van der Waals surface area contributed by atoms with Gasteiger partial charge >= 0.3 is 5.97 Å². The van der Waals surface area contributed by atoms with Crippen LogP contribution in [0.1, 0.15) is 37.0 Å². The van der Waals surface area contributed by atoms with Gasteiger partial charge in [0.05, 0.1) is 16.3 Å². The van der Waals surface area contributed by atoms with E-state index in [-0.39, 0.29) is 5.56 Å². The van der Waals surface area contributed by atoms with Crippen LogP contribution < -0.4 is 11.1 Å². The molecule has 0 saturated heterocycles. The van der Waals surface area contributed by atoms with Gasteiger partial charge in [-0.05, 0) is 18.1 Å². The standard InChI is InChI=1S/C13H19ClN2O2/c1-3-8(4-2)7-16-12-10(13(17)18)5-9(15)6-11(12)14/h5-6,8,16H,3-4,7,15H2,1-2H3,(H,17,18). The van der Waals surface area contributed by atoms with Crippen molar-refractivity contribution in [2.75, 3.05) is 17.6 Å². The molecule has 0 heterocycles. The summed E-state index contributed by atoms with van der Waals surface area (Å²) in [5.41, 5.74) is 6.52. The van der Waals surface area contributed by atoms with Gasteiger partial charge in [-0.25, -0.2) is 4.79 Å². The molecule has 0 bridgehead atoms. The van der Waals surface area contributed by atoms with E-state index in [1.165, 1.54) is 6.07 Å². The zero-order valence-corrected chi connectivity index (χ0v) is 11.4. The second kappa shape index (κ2) is 6.50. The van der Waals surface area contributed by atoms with Gasteiger partial charge in [-0.15, -0.1) is 0 Å². The number of aromatic carboxylic acids is 1. The van der Waals surface area contributed by atoms with Gasteiger partial charge < -0.3 is 16.2 Å². The molecule has 0 atom stereocenters. The van der Waals surface area contributed by atoms with Crippen molar-refractivity contribution in [1.82, 2.24) is 0 Å². The molecule has 1 aromatic carbocycles. The lowest BCUT2D eigenvalue weighted by Gasteiger charge is -2.17. The number of hydrogen-bond acceptors (Lipinski definition) is 3. The van der Waals surface area contributed by atoms with Crippen LogP contribution in [0.4, 0.5) is 11.4 Å². The summed E-state index contributed by atoms with van der Waals surface area (Å²) in [4.78, 5) is 11.2. The SMILES string of the molecule is CCC(CC)CNc1c(Cl)cc(N)cc1C(=O)O. The highest BCUT2D eigenvalue weighted by Crippen LogP contribution is 2.29. The first-order valence-corrected chi connectivity index (χ1v) is 6.43. The van der Waals surface area contributed by atoms with Crippen molar-refractivity contribution in [2.24, 2.45) is 5.92 Å². The number of nitrogens with two attached hydrogens (primary N) is 1. The van der Waals surface area contributed by atoms with Crippen molar-refractivity contribution < 1.29 is 9.90 Å². The molecule has 4 nitrogen and oxygen atoms in total. The molecule has 0 saturated carbocycles. The predicted molar refractivity (Wildman–Crippen MR) is 75.4 cm³/mol. The Morgan fingerprint density at radius 3 is 2.56 bits per heavy atom. The Labute approximate surface area is 112 Å². The molecule has 5 heteroatoms. The minimum Gasteiger partial charge on any atom is -0.478 e.